The lowest BCUT2D eigenvalue weighted by atomic mass is 10.2. The first kappa shape index (κ1) is 19.6. The third-order valence-electron chi connectivity index (χ3n) is 6.12. The Labute approximate surface area is 182 Å². The first-order valence-corrected chi connectivity index (χ1v) is 10.9. The van der Waals surface area contributed by atoms with Gasteiger partial charge in [-0.3, -0.25) is 9.69 Å². The number of carbonyl (C=O) groups is 1. The van der Waals surface area contributed by atoms with Gasteiger partial charge >= 0.3 is 0 Å². The van der Waals surface area contributed by atoms with Gasteiger partial charge in [0.15, 0.2) is 0 Å². The molecule has 6 nitrogen and oxygen atoms in total. The number of hydrogen-bond acceptors (Lipinski definition) is 3. The number of piperazine rings is 1. The van der Waals surface area contributed by atoms with Crippen LogP contribution in [0, 0.1) is 0 Å². The van der Waals surface area contributed by atoms with E-state index in [2.05, 4.69) is 44.8 Å². The van der Waals surface area contributed by atoms with Crippen molar-refractivity contribution in [3.8, 4) is 11.4 Å². The molecule has 0 spiro atoms. The minimum atomic E-state index is 0.196. The number of benzene rings is 2. The Morgan fingerprint density at radius 1 is 0.806 bits per heavy atom. The van der Waals surface area contributed by atoms with Gasteiger partial charge in [-0.15, -0.1) is 0 Å². The first-order chi connectivity index (χ1) is 15.3. The molecule has 31 heavy (non-hydrogen) atoms. The molecule has 0 saturated carbocycles. The average molecular weight is 414 g/mol. The molecule has 5 rings (SSSR count). The highest BCUT2D eigenvalue weighted by atomic mass is 16.2. The predicted molar refractivity (Wildman–Crippen MR) is 123 cm³/mol. The summed E-state index contributed by atoms with van der Waals surface area (Å²) < 4.78 is 4.26. The van der Waals surface area contributed by atoms with Gasteiger partial charge in [0.1, 0.15) is 12.4 Å². The number of amides is 1. The van der Waals surface area contributed by atoms with Crippen LogP contribution in [-0.4, -0.2) is 62.5 Å². The second-order valence-electron chi connectivity index (χ2n) is 8.04. The van der Waals surface area contributed by atoms with E-state index in [1.807, 2.05) is 58.4 Å². The maximum absolute atomic E-state index is 12.8. The van der Waals surface area contributed by atoms with Crippen LogP contribution in [0.2, 0.25) is 0 Å². The van der Waals surface area contributed by atoms with Crippen molar-refractivity contribution in [2.75, 3.05) is 32.7 Å². The normalized spacial score (nSPS) is 14.9. The topological polar surface area (TPSA) is 46.3 Å². The van der Waals surface area contributed by atoms with Crippen LogP contribution in [0.15, 0.2) is 79.3 Å². The van der Waals surface area contributed by atoms with Gasteiger partial charge in [-0.2, -0.15) is 0 Å². The van der Waals surface area contributed by atoms with E-state index in [1.165, 1.54) is 5.39 Å². The number of rotatable bonds is 6. The molecule has 1 aliphatic heterocycles. The zero-order valence-corrected chi connectivity index (χ0v) is 17.6. The number of aromatic nitrogens is 3. The minimum absolute atomic E-state index is 0.196. The van der Waals surface area contributed by atoms with Gasteiger partial charge in [0.25, 0.3) is 0 Å². The van der Waals surface area contributed by atoms with E-state index in [1.54, 1.807) is 0 Å². The molecule has 0 unspecified atom stereocenters. The number of imidazole rings is 1. The Hall–Kier alpha value is -3.38. The van der Waals surface area contributed by atoms with Crippen molar-refractivity contribution in [2.45, 2.75) is 13.1 Å². The summed E-state index contributed by atoms with van der Waals surface area (Å²) in [5, 5.41) is 1.18. The molecular formula is C25H27N5O. The van der Waals surface area contributed by atoms with Gasteiger partial charge < -0.3 is 14.0 Å². The van der Waals surface area contributed by atoms with Gasteiger partial charge in [-0.05, 0) is 17.5 Å². The molecular weight excluding hydrogens is 386 g/mol. The SMILES string of the molecule is O=C(Cn1ccc2ccccc21)N1CCN(CCn2ccnc2-c2ccccc2)CC1. The quantitative estimate of drug-likeness (QED) is 0.487. The Morgan fingerprint density at radius 2 is 1.58 bits per heavy atom. The lowest BCUT2D eigenvalue weighted by Gasteiger charge is -2.35. The van der Waals surface area contributed by atoms with Crippen molar-refractivity contribution in [1.29, 1.82) is 0 Å². The zero-order valence-electron chi connectivity index (χ0n) is 17.6. The van der Waals surface area contributed by atoms with Gasteiger partial charge in [-0.1, -0.05) is 48.5 Å². The van der Waals surface area contributed by atoms with Gasteiger partial charge in [-0.25, -0.2) is 4.98 Å². The molecule has 1 aliphatic rings. The van der Waals surface area contributed by atoms with Crippen LogP contribution in [-0.2, 0) is 17.9 Å². The number of nitrogens with zero attached hydrogens (tertiary/aromatic N) is 5. The lowest BCUT2D eigenvalue weighted by Crippen LogP contribution is -2.50. The van der Waals surface area contributed by atoms with Crippen LogP contribution in [0.5, 0.6) is 0 Å². The lowest BCUT2D eigenvalue weighted by molar-refractivity contribution is -0.133. The summed E-state index contributed by atoms with van der Waals surface area (Å²) >= 11 is 0. The predicted octanol–water partition coefficient (Wildman–Crippen LogP) is 3.35. The summed E-state index contributed by atoms with van der Waals surface area (Å²) in [5.41, 5.74) is 2.25. The van der Waals surface area contributed by atoms with Gasteiger partial charge in [0.2, 0.25) is 5.91 Å². The highest BCUT2D eigenvalue weighted by Gasteiger charge is 2.21. The van der Waals surface area contributed by atoms with E-state index in [0.29, 0.717) is 6.54 Å². The fourth-order valence-corrected chi connectivity index (χ4v) is 4.33. The second kappa shape index (κ2) is 8.78. The van der Waals surface area contributed by atoms with Crippen LogP contribution in [0.1, 0.15) is 0 Å². The summed E-state index contributed by atoms with van der Waals surface area (Å²) in [6.07, 6.45) is 5.92. The van der Waals surface area contributed by atoms with Crippen LogP contribution in [0.4, 0.5) is 0 Å². The molecule has 6 heteroatoms. The molecule has 2 aromatic carbocycles. The molecule has 0 aliphatic carbocycles. The fraction of sp³-hybridized carbons (Fsp3) is 0.280. The summed E-state index contributed by atoms with van der Waals surface area (Å²) in [5.74, 6) is 1.20. The summed E-state index contributed by atoms with van der Waals surface area (Å²) in [4.78, 5) is 21.8. The number of carbonyl (C=O) groups excluding carboxylic acids is 1. The van der Waals surface area contributed by atoms with Crippen molar-refractivity contribution in [1.82, 2.24) is 23.9 Å². The largest absolute Gasteiger partial charge is 0.339 e. The molecule has 158 valence electrons. The highest BCUT2D eigenvalue weighted by molar-refractivity contribution is 5.83. The zero-order chi connectivity index (χ0) is 21.0. The van der Waals surface area contributed by atoms with Gasteiger partial charge in [0.05, 0.1) is 0 Å². The van der Waals surface area contributed by atoms with E-state index in [9.17, 15) is 4.79 Å². The summed E-state index contributed by atoms with van der Waals surface area (Å²) in [6.45, 7) is 5.65. The Kier molecular flexibility index (Phi) is 5.54. The molecule has 1 fully saturated rings. The van der Waals surface area contributed by atoms with Crippen LogP contribution in [0.25, 0.3) is 22.3 Å². The maximum atomic E-state index is 12.8. The fourth-order valence-electron chi connectivity index (χ4n) is 4.33. The third kappa shape index (κ3) is 4.25. The van der Waals surface area contributed by atoms with Crippen molar-refractivity contribution in [2.24, 2.45) is 0 Å². The van der Waals surface area contributed by atoms with Crippen LogP contribution >= 0.6 is 0 Å². The highest BCUT2D eigenvalue weighted by Crippen LogP contribution is 2.17. The smallest absolute Gasteiger partial charge is 0.242 e. The van der Waals surface area contributed by atoms with Crippen molar-refractivity contribution < 1.29 is 4.79 Å². The van der Waals surface area contributed by atoms with E-state index >= 15 is 0 Å². The van der Waals surface area contributed by atoms with Crippen molar-refractivity contribution in [3.63, 3.8) is 0 Å². The molecule has 2 aromatic heterocycles. The molecule has 0 radical (unpaired) electrons. The van der Waals surface area contributed by atoms with Crippen LogP contribution in [0.3, 0.4) is 0 Å². The molecule has 3 heterocycles. The Morgan fingerprint density at radius 3 is 2.42 bits per heavy atom. The number of hydrogen-bond donors (Lipinski definition) is 0. The number of para-hydroxylation sites is 1. The monoisotopic (exact) mass is 413 g/mol. The Balaban J connectivity index is 1.14. The van der Waals surface area contributed by atoms with E-state index < -0.39 is 0 Å². The van der Waals surface area contributed by atoms with Crippen LogP contribution < -0.4 is 0 Å². The third-order valence-corrected chi connectivity index (χ3v) is 6.12. The maximum Gasteiger partial charge on any atom is 0.242 e. The number of fused-ring (bicyclic) bond motifs is 1. The van der Waals surface area contributed by atoms with Crippen molar-refractivity contribution >= 4 is 16.8 Å². The molecule has 0 N–H and O–H groups in total. The summed E-state index contributed by atoms with van der Waals surface area (Å²) in [6, 6.07) is 20.6. The van der Waals surface area contributed by atoms with Gasteiger partial charge in [0, 0.05) is 68.9 Å². The molecule has 0 atom stereocenters. The minimum Gasteiger partial charge on any atom is -0.339 e. The first-order valence-electron chi connectivity index (χ1n) is 10.9. The molecule has 1 saturated heterocycles. The standard InChI is InChI=1S/C25H27N5O/c31-24(20-30-12-10-21-6-4-5-9-23(21)30)28-17-14-27(15-18-28)16-19-29-13-11-26-25(29)22-7-2-1-3-8-22/h1-13H,14-20H2. The van der Waals surface area contributed by atoms with Crippen molar-refractivity contribution in [3.05, 3.63) is 79.3 Å². The van der Waals surface area contributed by atoms with E-state index in [-0.39, 0.29) is 5.91 Å². The average Bonchev–Trinajstić information content (AvgIpc) is 3.46. The van der Waals surface area contributed by atoms with E-state index in [0.717, 1.165) is 56.2 Å². The van der Waals surface area contributed by atoms with E-state index in [4.69, 9.17) is 0 Å². The Bertz CT molecular complexity index is 1150. The molecule has 4 aromatic rings. The molecule has 0 bridgehead atoms. The second-order valence-corrected chi connectivity index (χ2v) is 8.04. The molecule has 1 amide bonds. The summed E-state index contributed by atoms with van der Waals surface area (Å²) in [7, 11) is 0.